The molecular weight excluding hydrogens is 342 g/mol. The van der Waals surface area contributed by atoms with Gasteiger partial charge in [0.2, 0.25) is 5.91 Å². The second kappa shape index (κ2) is 7.92. The van der Waals surface area contributed by atoms with E-state index < -0.39 is 0 Å². The molecule has 7 nitrogen and oxygen atoms in total. The molecule has 1 saturated heterocycles. The minimum atomic E-state index is -0.101. The van der Waals surface area contributed by atoms with Crippen molar-refractivity contribution in [1.82, 2.24) is 15.3 Å². The van der Waals surface area contributed by atoms with E-state index in [2.05, 4.69) is 49.4 Å². The number of aromatic nitrogens is 2. The van der Waals surface area contributed by atoms with Gasteiger partial charge in [0.15, 0.2) is 0 Å². The largest absolute Gasteiger partial charge is 0.383 e. The van der Waals surface area contributed by atoms with Crippen molar-refractivity contribution in [3.05, 3.63) is 48.4 Å². The van der Waals surface area contributed by atoms with Crippen LogP contribution in [0.25, 0.3) is 0 Å². The molecule has 1 aromatic heterocycles. The van der Waals surface area contributed by atoms with Crippen molar-refractivity contribution in [3.8, 4) is 0 Å². The van der Waals surface area contributed by atoms with Gasteiger partial charge in [0.1, 0.15) is 5.82 Å². The average Bonchev–Trinajstić information content (AvgIpc) is 2.73. The van der Waals surface area contributed by atoms with Gasteiger partial charge in [-0.2, -0.15) is 0 Å². The second-order valence-corrected chi connectivity index (χ2v) is 6.99. The molecule has 1 aromatic carbocycles. The van der Waals surface area contributed by atoms with Crippen molar-refractivity contribution in [2.75, 3.05) is 49.7 Å². The normalized spacial score (nSPS) is 21.4. The Morgan fingerprint density at radius 3 is 3.00 bits per heavy atom. The fourth-order valence-corrected chi connectivity index (χ4v) is 4.13. The number of ether oxygens (including phenoxy) is 1. The number of para-hydroxylation sites is 1. The Hall–Kier alpha value is -2.67. The summed E-state index contributed by atoms with van der Waals surface area (Å²) in [7, 11) is 1.64. The molecule has 1 N–H and O–H groups in total. The SMILES string of the molecule is COCCNC(=O)[C@@H]1Cc2ccccc2N2CCN(c3cnccn3)C[C@@H]12. The number of hydrogen-bond donors (Lipinski definition) is 1. The fourth-order valence-electron chi connectivity index (χ4n) is 4.13. The van der Waals surface area contributed by atoms with Gasteiger partial charge in [0, 0.05) is 51.4 Å². The summed E-state index contributed by atoms with van der Waals surface area (Å²) in [5.74, 6) is 0.864. The maximum absolute atomic E-state index is 12.9. The zero-order valence-electron chi connectivity index (χ0n) is 15.5. The highest BCUT2D eigenvalue weighted by Crippen LogP contribution is 2.36. The fraction of sp³-hybridized carbons (Fsp3) is 0.450. The molecule has 0 saturated carbocycles. The molecule has 1 amide bonds. The molecular formula is C20H25N5O2. The number of piperazine rings is 1. The minimum Gasteiger partial charge on any atom is -0.383 e. The first-order valence-corrected chi connectivity index (χ1v) is 9.40. The third kappa shape index (κ3) is 3.60. The van der Waals surface area contributed by atoms with E-state index in [0.29, 0.717) is 13.2 Å². The molecule has 0 radical (unpaired) electrons. The highest BCUT2D eigenvalue weighted by Gasteiger charge is 2.41. The summed E-state index contributed by atoms with van der Waals surface area (Å²) in [6.07, 6.45) is 5.94. The lowest BCUT2D eigenvalue weighted by Gasteiger charge is -2.49. The quantitative estimate of drug-likeness (QED) is 0.799. The number of carbonyl (C=O) groups is 1. The molecule has 2 aromatic rings. The van der Waals surface area contributed by atoms with Gasteiger partial charge in [0.05, 0.1) is 24.8 Å². The average molecular weight is 367 g/mol. The first kappa shape index (κ1) is 17.7. The van der Waals surface area contributed by atoms with Crippen LogP contribution in [0.4, 0.5) is 11.5 Å². The third-order valence-electron chi connectivity index (χ3n) is 5.44. The Balaban J connectivity index is 1.59. The zero-order valence-corrected chi connectivity index (χ0v) is 15.5. The number of nitrogens with zero attached hydrogens (tertiary/aromatic N) is 4. The molecule has 1 fully saturated rings. The second-order valence-electron chi connectivity index (χ2n) is 6.99. The maximum Gasteiger partial charge on any atom is 0.225 e. The van der Waals surface area contributed by atoms with Crippen molar-refractivity contribution in [3.63, 3.8) is 0 Å². The van der Waals surface area contributed by atoms with Crippen LogP contribution in [-0.4, -0.2) is 61.8 Å². The number of methoxy groups -OCH3 is 1. The molecule has 2 aliphatic rings. The topological polar surface area (TPSA) is 70.6 Å². The van der Waals surface area contributed by atoms with Crippen LogP contribution in [0.2, 0.25) is 0 Å². The summed E-state index contributed by atoms with van der Waals surface area (Å²) in [4.78, 5) is 26.2. The van der Waals surface area contributed by atoms with Crippen molar-refractivity contribution in [2.24, 2.45) is 5.92 Å². The molecule has 7 heteroatoms. The number of anilines is 2. The molecule has 27 heavy (non-hydrogen) atoms. The summed E-state index contributed by atoms with van der Waals surface area (Å²) in [5.41, 5.74) is 2.50. The van der Waals surface area contributed by atoms with Crippen LogP contribution in [-0.2, 0) is 16.0 Å². The van der Waals surface area contributed by atoms with Crippen molar-refractivity contribution < 1.29 is 9.53 Å². The third-order valence-corrected chi connectivity index (χ3v) is 5.44. The summed E-state index contributed by atoms with van der Waals surface area (Å²) in [6.45, 7) is 3.54. The highest BCUT2D eigenvalue weighted by molar-refractivity contribution is 5.82. The van der Waals surface area contributed by atoms with Crippen molar-refractivity contribution >= 4 is 17.4 Å². The molecule has 0 spiro atoms. The number of nitrogens with one attached hydrogen (secondary N) is 1. The van der Waals surface area contributed by atoms with Crippen LogP contribution >= 0.6 is 0 Å². The van der Waals surface area contributed by atoms with Gasteiger partial charge >= 0.3 is 0 Å². The van der Waals surface area contributed by atoms with Gasteiger partial charge in [-0.15, -0.1) is 0 Å². The lowest BCUT2D eigenvalue weighted by atomic mass is 9.83. The zero-order chi connectivity index (χ0) is 18.6. The monoisotopic (exact) mass is 367 g/mol. The van der Waals surface area contributed by atoms with Gasteiger partial charge in [-0.05, 0) is 18.1 Å². The Kier molecular flexibility index (Phi) is 5.20. The Bertz CT molecular complexity index is 785. The smallest absolute Gasteiger partial charge is 0.225 e. The molecule has 0 aliphatic carbocycles. The van der Waals surface area contributed by atoms with E-state index in [1.54, 1.807) is 25.7 Å². The molecule has 2 aliphatic heterocycles. The van der Waals surface area contributed by atoms with Gasteiger partial charge in [-0.25, -0.2) is 4.98 Å². The summed E-state index contributed by atoms with van der Waals surface area (Å²) >= 11 is 0. The number of benzene rings is 1. The number of rotatable bonds is 5. The first-order chi connectivity index (χ1) is 13.3. The van der Waals surface area contributed by atoms with Crippen molar-refractivity contribution in [1.29, 1.82) is 0 Å². The Morgan fingerprint density at radius 2 is 2.19 bits per heavy atom. The number of fused-ring (bicyclic) bond motifs is 3. The summed E-state index contributed by atoms with van der Waals surface area (Å²) < 4.78 is 5.07. The Morgan fingerprint density at radius 1 is 1.30 bits per heavy atom. The predicted molar refractivity (Wildman–Crippen MR) is 104 cm³/mol. The summed E-state index contributed by atoms with van der Waals surface area (Å²) in [5, 5.41) is 3.03. The minimum absolute atomic E-state index is 0.0950. The first-order valence-electron chi connectivity index (χ1n) is 9.40. The van der Waals surface area contributed by atoms with Crippen LogP contribution in [0.5, 0.6) is 0 Å². The molecule has 142 valence electrons. The van der Waals surface area contributed by atoms with Crippen LogP contribution in [0, 0.1) is 5.92 Å². The van der Waals surface area contributed by atoms with E-state index in [0.717, 1.165) is 31.9 Å². The number of amides is 1. The van der Waals surface area contributed by atoms with Crippen LogP contribution < -0.4 is 15.1 Å². The summed E-state index contributed by atoms with van der Waals surface area (Å²) in [6, 6.07) is 8.53. The molecule has 0 bridgehead atoms. The van der Waals surface area contributed by atoms with Crippen LogP contribution in [0.15, 0.2) is 42.9 Å². The molecule has 2 atom stereocenters. The van der Waals surface area contributed by atoms with E-state index >= 15 is 0 Å². The van der Waals surface area contributed by atoms with Crippen LogP contribution in [0.1, 0.15) is 5.56 Å². The number of carbonyl (C=O) groups excluding carboxylic acids is 1. The molecule has 0 unspecified atom stereocenters. The van der Waals surface area contributed by atoms with Gasteiger partial charge in [0.25, 0.3) is 0 Å². The van der Waals surface area contributed by atoms with E-state index in [-0.39, 0.29) is 17.9 Å². The molecule has 4 rings (SSSR count). The highest BCUT2D eigenvalue weighted by atomic mass is 16.5. The van der Waals surface area contributed by atoms with Crippen molar-refractivity contribution in [2.45, 2.75) is 12.5 Å². The standard InChI is InChI=1S/C20H25N5O2/c1-27-11-8-23-20(26)16-12-15-4-2-3-5-17(15)25-10-9-24(14-18(16)25)19-13-21-6-7-22-19/h2-7,13,16,18H,8-12,14H2,1H3,(H,23,26)/t16-,18+/m1/s1. The van der Waals surface area contributed by atoms with E-state index in [4.69, 9.17) is 4.74 Å². The van der Waals surface area contributed by atoms with E-state index in [1.165, 1.54) is 11.3 Å². The Labute approximate surface area is 159 Å². The molecule has 3 heterocycles. The predicted octanol–water partition coefficient (Wildman–Crippen LogP) is 1.11. The lowest BCUT2D eigenvalue weighted by Crippen LogP contribution is -2.61. The maximum atomic E-state index is 12.9. The van der Waals surface area contributed by atoms with E-state index in [9.17, 15) is 4.79 Å². The van der Waals surface area contributed by atoms with Gasteiger partial charge < -0.3 is 19.9 Å². The van der Waals surface area contributed by atoms with E-state index in [1.807, 2.05) is 0 Å². The van der Waals surface area contributed by atoms with Gasteiger partial charge in [-0.1, -0.05) is 18.2 Å². The number of hydrogen-bond acceptors (Lipinski definition) is 6. The van der Waals surface area contributed by atoms with Gasteiger partial charge in [-0.3, -0.25) is 9.78 Å². The van der Waals surface area contributed by atoms with Crippen LogP contribution in [0.3, 0.4) is 0 Å². The lowest BCUT2D eigenvalue weighted by molar-refractivity contribution is -0.126.